The van der Waals surface area contributed by atoms with Crippen molar-refractivity contribution in [2.45, 2.75) is 6.54 Å². The molecule has 0 saturated heterocycles. The van der Waals surface area contributed by atoms with E-state index in [0.29, 0.717) is 23.6 Å². The van der Waals surface area contributed by atoms with E-state index < -0.39 is 0 Å². The predicted molar refractivity (Wildman–Crippen MR) is 82.4 cm³/mol. The van der Waals surface area contributed by atoms with Gasteiger partial charge in [0.1, 0.15) is 12.1 Å². The summed E-state index contributed by atoms with van der Waals surface area (Å²) in [6, 6.07) is 9.22. The third kappa shape index (κ3) is 2.11. The summed E-state index contributed by atoms with van der Waals surface area (Å²) in [5.74, 6) is 0.716. The van der Waals surface area contributed by atoms with Crippen molar-refractivity contribution >= 4 is 16.8 Å². The van der Waals surface area contributed by atoms with Gasteiger partial charge in [-0.15, -0.1) is 10.2 Å². The normalized spacial score (nSPS) is 11.2. The van der Waals surface area contributed by atoms with Crippen LogP contribution in [0.3, 0.4) is 0 Å². The fourth-order valence-electron chi connectivity index (χ4n) is 2.48. The monoisotopic (exact) mass is 308 g/mol. The van der Waals surface area contributed by atoms with Gasteiger partial charge >= 0.3 is 0 Å². The van der Waals surface area contributed by atoms with E-state index in [1.54, 1.807) is 19.4 Å². The molecule has 0 N–H and O–H groups in total. The summed E-state index contributed by atoms with van der Waals surface area (Å²) in [6.07, 6.45) is 3.07. The van der Waals surface area contributed by atoms with E-state index in [1.807, 2.05) is 24.3 Å². The minimum absolute atomic E-state index is 0.179. The number of nitrogens with zero attached hydrogens (tertiary/aromatic N) is 6. The van der Waals surface area contributed by atoms with Gasteiger partial charge in [0.05, 0.1) is 19.9 Å². The van der Waals surface area contributed by atoms with Crippen molar-refractivity contribution in [3.05, 3.63) is 58.8 Å². The Balaban J connectivity index is 1.87. The van der Waals surface area contributed by atoms with Gasteiger partial charge in [0, 0.05) is 11.6 Å². The Kier molecular flexibility index (Phi) is 3.00. The predicted octanol–water partition coefficient (Wildman–Crippen LogP) is 0.891. The Morgan fingerprint density at radius 3 is 2.91 bits per heavy atom. The first kappa shape index (κ1) is 13.4. The van der Waals surface area contributed by atoms with Gasteiger partial charge in [-0.05, 0) is 6.07 Å². The molecule has 0 radical (unpaired) electrons. The third-order valence-corrected chi connectivity index (χ3v) is 3.60. The molecule has 0 atom stereocenters. The number of hydrogen-bond acceptors (Lipinski definition) is 6. The number of methoxy groups -OCH3 is 1. The maximum atomic E-state index is 12.6. The first-order valence-electron chi connectivity index (χ1n) is 6.95. The second kappa shape index (κ2) is 5.16. The van der Waals surface area contributed by atoms with Gasteiger partial charge in [-0.3, -0.25) is 9.36 Å². The standard InChI is InChI=1S/C15H12N6O2/c1-23-11-5-3-2-4-10(11)8-20-9-16-14-13(15(20)22)19-18-12-6-7-17-21(12)14/h2-7,9H,8H2,1H3. The molecule has 3 heterocycles. The Hall–Kier alpha value is -3.29. The molecule has 0 fully saturated rings. The van der Waals surface area contributed by atoms with Gasteiger partial charge in [0.2, 0.25) is 0 Å². The molecule has 0 aliphatic carbocycles. The fraction of sp³-hybridized carbons (Fsp3) is 0.133. The van der Waals surface area contributed by atoms with Crippen LogP contribution in [-0.2, 0) is 6.54 Å². The average molecular weight is 308 g/mol. The van der Waals surface area contributed by atoms with E-state index in [0.717, 1.165) is 5.56 Å². The van der Waals surface area contributed by atoms with Crippen LogP contribution in [-0.4, -0.2) is 36.5 Å². The van der Waals surface area contributed by atoms with Crippen molar-refractivity contribution in [3.63, 3.8) is 0 Å². The molecule has 8 heteroatoms. The topological polar surface area (TPSA) is 87.2 Å². The Bertz CT molecular complexity index is 1070. The first-order chi connectivity index (χ1) is 11.3. The van der Waals surface area contributed by atoms with Gasteiger partial charge in [0.15, 0.2) is 16.8 Å². The Morgan fingerprint density at radius 1 is 1.17 bits per heavy atom. The molecule has 114 valence electrons. The first-order valence-corrected chi connectivity index (χ1v) is 6.95. The number of hydrogen-bond donors (Lipinski definition) is 0. The minimum atomic E-state index is -0.272. The van der Waals surface area contributed by atoms with Crippen LogP contribution in [0.15, 0.2) is 47.7 Å². The second-order valence-corrected chi connectivity index (χ2v) is 4.96. The highest BCUT2D eigenvalue weighted by Gasteiger charge is 2.12. The molecular weight excluding hydrogens is 296 g/mol. The van der Waals surface area contributed by atoms with Crippen molar-refractivity contribution < 1.29 is 4.74 Å². The third-order valence-electron chi connectivity index (χ3n) is 3.60. The van der Waals surface area contributed by atoms with Crippen molar-refractivity contribution in [3.8, 4) is 5.75 Å². The highest BCUT2D eigenvalue weighted by atomic mass is 16.5. The van der Waals surface area contributed by atoms with E-state index in [1.165, 1.54) is 15.4 Å². The van der Waals surface area contributed by atoms with Crippen molar-refractivity contribution in [1.82, 2.24) is 29.4 Å². The quantitative estimate of drug-likeness (QED) is 0.558. The van der Waals surface area contributed by atoms with Crippen molar-refractivity contribution in [1.29, 1.82) is 0 Å². The largest absolute Gasteiger partial charge is 0.496 e. The number of benzene rings is 1. The smallest absolute Gasteiger partial charge is 0.283 e. The molecule has 4 aromatic rings. The van der Waals surface area contributed by atoms with E-state index in [2.05, 4.69) is 20.3 Å². The van der Waals surface area contributed by atoms with E-state index >= 15 is 0 Å². The Labute approximate surface area is 130 Å². The van der Waals surface area contributed by atoms with Crippen molar-refractivity contribution in [2.24, 2.45) is 0 Å². The number of fused-ring (bicyclic) bond motifs is 3. The average Bonchev–Trinajstić information content (AvgIpc) is 3.06. The lowest BCUT2D eigenvalue weighted by Crippen LogP contribution is -2.23. The molecule has 8 nitrogen and oxygen atoms in total. The van der Waals surface area contributed by atoms with Crippen LogP contribution in [0.4, 0.5) is 0 Å². The maximum absolute atomic E-state index is 12.6. The number of para-hydroxylation sites is 1. The summed E-state index contributed by atoms with van der Waals surface area (Å²) in [6.45, 7) is 0.338. The number of rotatable bonds is 3. The molecule has 0 amide bonds. The zero-order chi connectivity index (χ0) is 15.8. The summed E-state index contributed by atoms with van der Waals surface area (Å²) >= 11 is 0. The van der Waals surface area contributed by atoms with Gasteiger partial charge in [-0.2, -0.15) is 9.61 Å². The highest BCUT2D eigenvalue weighted by Crippen LogP contribution is 2.18. The summed E-state index contributed by atoms with van der Waals surface area (Å²) in [5, 5.41) is 12.1. The molecule has 0 saturated carbocycles. The molecule has 0 aliphatic rings. The molecule has 0 unspecified atom stereocenters. The lowest BCUT2D eigenvalue weighted by atomic mass is 10.2. The molecule has 0 bridgehead atoms. The molecule has 1 aromatic carbocycles. The zero-order valence-corrected chi connectivity index (χ0v) is 12.2. The van der Waals surface area contributed by atoms with Crippen LogP contribution >= 0.6 is 0 Å². The lowest BCUT2D eigenvalue weighted by Gasteiger charge is -2.10. The van der Waals surface area contributed by atoms with Gasteiger partial charge in [-0.1, -0.05) is 18.2 Å². The van der Waals surface area contributed by atoms with Crippen LogP contribution in [0, 0.1) is 0 Å². The van der Waals surface area contributed by atoms with E-state index in [4.69, 9.17) is 4.74 Å². The van der Waals surface area contributed by atoms with Crippen LogP contribution in [0.1, 0.15) is 5.56 Å². The molecular formula is C15H12N6O2. The van der Waals surface area contributed by atoms with Crippen LogP contribution in [0.5, 0.6) is 5.75 Å². The fourth-order valence-corrected chi connectivity index (χ4v) is 2.48. The van der Waals surface area contributed by atoms with Gasteiger partial charge in [-0.25, -0.2) is 4.98 Å². The number of aromatic nitrogens is 6. The summed E-state index contributed by atoms with van der Waals surface area (Å²) < 4.78 is 8.29. The zero-order valence-electron chi connectivity index (χ0n) is 12.2. The van der Waals surface area contributed by atoms with Gasteiger partial charge in [0.25, 0.3) is 5.56 Å². The molecule has 4 rings (SSSR count). The molecule has 0 aliphatic heterocycles. The Morgan fingerprint density at radius 2 is 2.04 bits per heavy atom. The summed E-state index contributed by atoms with van der Waals surface area (Å²) in [5.41, 5.74) is 1.73. The van der Waals surface area contributed by atoms with E-state index in [-0.39, 0.29) is 11.1 Å². The molecule has 3 aromatic heterocycles. The number of ether oxygens (including phenoxy) is 1. The second-order valence-electron chi connectivity index (χ2n) is 4.96. The maximum Gasteiger partial charge on any atom is 0.283 e. The van der Waals surface area contributed by atoms with Crippen LogP contribution in [0.2, 0.25) is 0 Å². The summed E-state index contributed by atoms with van der Waals surface area (Å²) in [7, 11) is 1.60. The highest BCUT2D eigenvalue weighted by molar-refractivity contribution is 5.70. The van der Waals surface area contributed by atoms with Gasteiger partial charge < -0.3 is 4.74 Å². The van der Waals surface area contributed by atoms with Crippen LogP contribution < -0.4 is 10.3 Å². The van der Waals surface area contributed by atoms with E-state index in [9.17, 15) is 4.79 Å². The van der Waals surface area contributed by atoms with Crippen LogP contribution in [0.25, 0.3) is 16.8 Å². The lowest BCUT2D eigenvalue weighted by molar-refractivity contribution is 0.408. The SMILES string of the molecule is COc1ccccc1Cn1cnc2c(nnc3ccnn32)c1=O. The molecule has 23 heavy (non-hydrogen) atoms. The van der Waals surface area contributed by atoms with Crippen molar-refractivity contribution in [2.75, 3.05) is 7.11 Å². The molecule has 0 spiro atoms. The minimum Gasteiger partial charge on any atom is -0.496 e. The summed E-state index contributed by atoms with van der Waals surface area (Å²) in [4.78, 5) is 17.0.